The predicted octanol–water partition coefficient (Wildman–Crippen LogP) is 4.97. The zero-order chi connectivity index (χ0) is 20.6. The molecule has 0 saturated carbocycles. The molecule has 0 heterocycles. The molecule has 27 heavy (non-hydrogen) atoms. The third-order valence-electron chi connectivity index (χ3n) is 4.66. The van der Waals surface area contributed by atoms with Crippen LogP contribution in [0.15, 0.2) is 58.7 Å². The largest absolute Gasteiger partial charge is 0.388 e. The summed E-state index contributed by atoms with van der Waals surface area (Å²) in [7, 11) is 0. The molecule has 148 valence electrons. The summed E-state index contributed by atoms with van der Waals surface area (Å²) in [6.07, 6.45) is 13.5. The Bertz CT molecular complexity index is 713. The number of carbonyl (C=O) groups excluding carboxylic acids is 2. The van der Waals surface area contributed by atoms with Crippen molar-refractivity contribution >= 4 is 11.9 Å². The van der Waals surface area contributed by atoms with Crippen LogP contribution in [0.5, 0.6) is 0 Å². The lowest BCUT2D eigenvalue weighted by Gasteiger charge is -2.32. The van der Waals surface area contributed by atoms with Gasteiger partial charge in [0, 0.05) is 6.08 Å². The molecule has 0 fully saturated rings. The van der Waals surface area contributed by atoms with Crippen molar-refractivity contribution in [2.45, 2.75) is 66.9 Å². The summed E-state index contributed by atoms with van der Waals surface area (Å²) < 4.78 is 4.48. The number of esters is 2. The topological polar surface area (TPSA) is 63.6 Å². The molecule has 1 aliphatic carbocycles. The van der Waals surface area contributed by atoms with E-state index in [0.717, 1.165) is 5.57 Å². The van der Waals surface area contributed by atoms with Crippen LogP contribution >= 0.6 is 0 Å². The van der Waals surface area contributed by atoms with Crippen LogP contribution in [-0.4, -0.2) is 23.1 Å². The molecule has 4 heteroatoms. The van der Waals surface area contributed by atoms with Crippen LogP contribution in [0.1, 0.15) is 60.8 Å². The van der Waals surface area contributed by atoms with E-state index < -0.39 is 18.0 Å². The van der Waals surface area contributed by atoms with E-state index >= 15 is 0 Å². The number of rotatable bonds is 6. The first-order chi connectivity index (χ1) is 12.5. The van der Waals surface area contributed by atoms with Crippen molar-refractivity contribution in [1.29, 1.82) is 0 Å². The zero-order valence-corrected chi connectivity index (χ0v) is 17.3. The van der Waals surface area contributed by atoms with Crippen LogP contribution in [0.4, 0.5) is 0 Å². The molecule has 0 spiro atoms. The second-order valence-corrected chi connectivity index (χ2v) is 7.84. The maximum absolute atomic E-state index is 11.5. The molecule has 4 nitrogen and oxygen atoms in total. The molecule has 0 bridgehead atoms. The minimum absolute atomic E-state index is 0.220. The van der Waals surface area contributed by atoms with Crippen molar-refractivity contribution < 1.29 is 19.4 Å². The van der Waals surface area contributed by atoms with Gasteiger partial charge in [0.2, 0.25) is 0 Å². The lowest BCUT2D eigenvalue weighted by atomic mass is 9.72. The first-order valence-electron chi connectivity index (χ1n) is 9.38. The Kier molecular flexibility index (Phi) is 8.64. The van der Waals surface area contributed by atoms with Gasteiger partial charge in [0.05, 0.1) is 0 Å². The van der Waals surface area contributed by atoms with Crippen molar-refractivity contribution in [2.75, 3.05) is 0 Å². The Balaban J connectivity index is 2.71. The van der Waals surface area contributed by atoms with Crippen LogP contribution in [0, 0.1) is 5.41 Å². The summed E-state index contributed by atoms with van der Waals surface area (Å²) in [6, 6.07) is 0. The monoisotopic (exact) mass is 372 g/mol. The highest BCUT2D eigenvalue weighted by atomic mass is 16.6. The Hall–Kier alpha value is -2.20. The summed E-state index contributed by atoms with van der Waals surface area (Å²) in [5, 5.41) is 9.02. The van der Waals surface area contributed by atoms with Gasteiger partial charge < -0.3 is 9.84 Å². The van der Waals surface area contributed by atoms with Crippen LogP contribution < -0.4 is 0 Å². The molecule has 0 amide bonds. The third-order valence-corrected chi connectivity index (χ3v) is 4.66. The molecule has 0 aromatic heterocycles. The van der Waals surface area contributed by atoms with E-state index in [1.165, 1.54) is 43.4 Å². The quantitative estimate of drug-likeness (QED) is 0.309. The molecule has 0 aromatic rings. The second-order valence-electron chi connectivity index (χ2n) is 7.84. The number of hydrogen-bond donors (Lipinski definition) is 1. The highest BCUT2D eigenvalue weighted by Gasteiger charge is 2.26. The standard InChI is InChI=1S/C23H32O4/c1-16(12-13-20-18(3)11-8-14-23(20,5)6)9-7-10-17(2)15-21(25)27-22(26)19(4)24/h7,9-10,12-13,15,19,24H,8,11,14H2,1-6H3. The van der Waals surface area contributed by atoms with Crippen molar-refractivity contribution in [3.63, 3.8) is 0 Å². The van der Waals surface area contributed by atoms with Gasteiger partial charge in [-0.05, 0) is 63.5 Å². The summed E-state index contributed by atoms with van der Waals surface area (Å²) in [5.74, 6) is -1.74. The predicted molar refractivity (Wildman–Crippen MR) is 109 cm³/mol. The summed E-state index contributed by atoms with van der Waals surface area (Å²) in [5.41, 5.74) is 4.87. The van der Waals surface area contributed by atoms with Crippen LogP contribution in [0.3, 0.4) is 0 Å². The Morgan fingerprint density at radius 1 is 1.19 bits per heavy atom. The van der Waals surface area contributed by atoms with Crippen LogP contribution in [-0.2, 0) is 14.3 Å². The fourth-order valence-corrected chi connectivity index (χ4v) is 3.08. The molecule has 0 aromatic carbocycles. The average molecular weight is 373 g/mol. The summed E-state index contributed by atoms with van der Waals surface area (Å²) in [6.45, 7) is 11.8. The molecule has 1 atom stereocenters. The Labute approximate surface area is 163 Å². The fourth-order valence-electron chi connectivity index (χ4n) is 3.08. The van der Waals surface area contributed by atoms with Gasteiger partial charge in [-0.25, -0.2) is 9.59 Å². The van der Waals surface area contributed by atoms with Gasteiger partial charge in [-0.15, -0.1) is 0 Å². The first-order valence-corrected chi connectivity index (χ1v) is 9.38. The molecule has 1 unspecified atom stereocenters. The molecule has 1 N–H and O–H groups in total. The number of carbonyl (C=O) groups is 2. The van der Waals surface area contributed by atoms with Gasteiger partial charge >= 0.3 is 11.9 Å². The second kappa shape index (κ2) is 10.2. The first kappa shape index (κ1) is 22.8. The molecule has 0 aliphatic heterocycles. The molecule has 1 rings (SSSR count). The molecule has 0 saturated heterocycles. The van der Waals surface area contributed by atoms with E-state index in [9.17, 15) is 9.59 Å². The smallest absolute Gasteiger partial charge is 0.342 e. The van der Waals surface area contributed by atoms with Crippen molar-refractivity contribution in [2.24, 2.45) is 5.41 Å². The van der Waals surface area contributed by atoms with E-state index in [1.807, 2.05) is 19.1 Å². The number of allylic oxidation sites excluding steroid dienone is 9. The van der Waals surface area contributed by atoms with E-state index in [-0.39, 0.29) is 5.41 Å². The fraction of sp³-hybridized carbons (Fsp3) is 0.478. The molecule has 0 radical (unpaired) electrons. The number of aliphatic hydroxyl groups excluding tert-OH is 1. The van der Waals surface area contributed by atoms with Gasteiger partial charge in [0.1, 0.15) is 6.10 Å². The van der Waals surface area contributed by atoms with Crippen molar-refractivity contribution in [3.8, 4) is 0 Å². The van der Waals surface area contributed by atoms with E-state index in [0.29, 0.717) is 5.57 Å². The molecular formula is C23H32O4. The SMILES string of the molecule is CC(C=CC1=C(C)CCCC1(C)C)=CC=CC(C)=CC(=O)OC(=O)C(C)O. The van der Waals surface area contributed by atoms with E-state index in [1.54, 1.807) is 13.0 Å². The van der Waals surface area contributed by atoms with Gasteiger partial charge in [-0.3, -0.25) is 0 Å². The van der Waals surface area contributed by atoms with Crippen LogP contribution in [0.2, 0.25) is 0 Å². The number of ether oxygens (including phenoxy) is 1. The molecule has 1 aliphatic rings. The lowest BCUT2D eigenvalue weighted by Crippen LogP contribution is -2.22. The minimum Gasteiger partial charge on any atom is -0.388 e. The van der Waals surface area contributed by atoms with Gasteiger partial charge in [0.15, 0.2) is 0 Å². The highest BCUT2D eigenvalue weighted by Crippen LogP contribution is 2.40. The zero-order valence-electron chi connectivity index (χ0n) is 17.3. The third kappa shape index (κ3) is 7.92. The molecular weight excluding hydrogens is 340 g/mol. The van der Waals surface area contributed by atoms with Gasteiger partial charge in [0.25, 0.3) is 0 Å². The van der Waals surface area contributed by atoms with Crippen molar-refractivity contribution in [3.05, 3.63) is 58.7 Å². The maximum atomic E-state index is 11.5. The maximum Gasteiger partial charge on any atom is 0.342 e. The summed E-state index contributed by atoms with van der Waals surface area (Å²) in [4.78, 5) is 22.7. The average Bonchev–Trinajstić information content (AvgIpc) is 2.53. The lowest BCUT2D eigenvalue weighted by molar-refractivity contribution is -0.162. The highest BCUT2D eigenvalue weighted by molar-refractivity contribution is 5.93. The summed E-state index contributed by atoms with van der Waals surface area (Å²) >= 11 is 0. The van der Waals surface area contributed by atoms with Crippen molar-refractivity contribution in [1.82, 2.24) is 0 Å². The number of hydrogen-bond acceptors (Lipinski definition) is 4. The van der Waals surface area contributed by atoms with Gasteiger partial charge in [-0.2, -0.15) is 0 Å². The minimum atomic E-state index is -1.32. The number of aliphatic hydroxyl groups is 1. The Morgan fingerprint density at radius 3 is 2.44 bits per heavy atom. The van der Waals surface area contributed by atoms with E-state index in [2.05, 4.69) is 37.7 Å². The van der Waals surface area contributed by atoms with Crippen LogP contribution in [0.25, 0.3) is 0 Å². The normalized spacial score (nSPS) is 19.7. The van der Waals surface area contributed by atoms with Gasteiger partial charge in [-0.1, -0.05) is 55.4 Å². The Morgan fingerprint density at radius 2 is 1.85 bits per heavy atom. The van der Waals surface area contributed by atoms with E-state index in [4.69, 9.17) is 5.11 Å².